The summed E-state index contributed by atoms with van der Waals surface area (Å²) in [7, 11) is -3.07. The molecule has 0 bridgehead atoms. The molecule has 0 saturated heterocycles. The van der Waals surface area contributed by atoms with Gasteiger partial charge < -0.3 is 0 Å². The van der Waals surface area contributed by atoms with Gasteiger partial charge in [0.15, 0.2) is 6.29 Å². The predicted octanol–water partition coefficient (Wildman–Crippen LogP) is 3.93. The molecule has 1 aromatic carbocycles. The molecule has 0 spiro atoms. The normalized spacial score (nSPS) is 12.3. The summed E-state index contributed by atoms with van der Waals surface area (Å²) >= 11 is 0. The molecule has 0 atom stereocenters. The quantitative estimate of drug-likeness (QED) is 0.715. The lowest BCUT2D eigenvalue weighted by Gasteiger charge is -2.28. The summed E-state index contributed by atoms with van der Waals surface area (Å²) in [5.41, 5.74) is 1.61. The number of carbonyl (C=O) groups excluding carboxylic acids is 1. The summed E-state index contributed by atoms with van der Waals surface area (Å²) in [4.78, 5) is 19.9. The Morgan fingerprint density at radius 1 is 1.22 bits per heavy atom. The smallest absolute Gasteiger partial charge is 0.242 e. The maximum Gasteiger partial charge on any atom is 0.242 e. The van der Waals surface area contributed by atoms with Crippen LogP contribution >= 0.6 is 10.8 Å². The van der Waals surface area contributed by atoms with Crippen LogP contribution in [0, 0.1) is 5.82 Å². The lowest BCUT2D eigenvalue weighted by Crippen LogP contribution is -2.13. The summed E-state index contributed by atoms with van der Waals surface area (Å²) in [6, 6.07) is 5.54. The van der Waals surface area contributed by atoms with Crippen LogP contribution in [0.1, 0.15) is 35.8 Å². The van der Waals surface area contributed by atoms with Gasteiger partial charge >= 0.3 is 0 Å². The third-order valence-corrected chi connectivity index (χ3v) is 3.61. The maximum absolute atomic E-state index is 13.1. The Balaban J connectivity index is 2.66. The van der Waals surface area contributed by atoms with Crippen molar-refractivity contribution in [1.82, 2.24) is 9.97 Å². The zero-order valence-corrected chi connectivity index (χ0v) is 13.8. The lowest BCUT2D eigenvalue weighted by molar-refractivity contribution is 0.112. The molecule has 0 aliphatic heterocycles. The Bertz CT molecular complexity index is 715. The van der Waals surface area contributed by atoms with Crippen LogP contribution in [0.15, 0.2) is 24.3 Å². The molecule has 0 amide bonds. The summed E-state index contributed by atoms with van der Waals surface area (Å²) < 4.78 is 34.7. The van der Waals surface area contributed by atoms with E-state index in [2.05, 4.69) is 14.7 Å². The van der Waals surface area contributed by atoms with Gasteiger partial charge in [0, 0.05) is 11.8 Å². The molecule has 8 heteroatoms. The number of halogens is 1. The van der Waals surface area contributed by atoms with E-state index in [0.29, 0.717) is 28.8 Å². The molecule has 0 aliphatic carbocycles. The highest BCUT2D eigenvalue weighted by Crippen LogP contribution is 2.35. The molecule has 23 heavy (non-hydrogen) atoms. The number of anilines is 1. The molecule has 0 aliphatic rings. The SMILES string of the molecule is CC(C)c1nc(NS(C)(O)O)nc(-c2ccc(F)cc2)c1C=O. The molecular weight excluding hydrogens is 321 g/mol. The van der Waals surface area contributed by atoms with Gasteiger partial charge in [0.2, 0.25) is 5.95 Å². The first kappa shape index (κ1) is 17.3. The summed E-state index contributed by atoms with van der Waals surface area (Å²) in [5, 5.41) is 0. The van der Waals surface area contributed by atoms with Crippen LogP contribution in [0.3, 0.4) is 0 Å². The number of hydrogen-bond acceptors (Lipinski definition) is 6. The van der Waals surface area contributed by atoms with Crippen LogP contribution < -0.4 is 4.72 Å². The second-order valence-electron chi connectivity index (χ2n) is 5.41. The average molecular weight is 339 g/mol. The van der Waals surface area contributed by atoms with E-state index in [1.54, 1.807) is 0 Å². The monoisotopic (exact) mass is 339 g/mol. The minimum Gasteiger partial charge on any atom is -0.298 e. The van der Waals surface area contributed by atoms with E-state index in [1.807, 2.05) is 13.8 Å². The molecule has 0 radical (unpaired) electrons. The van der Waals surface area contributed by atoms with Crippen LogP contribution in [0.5, 0.6) is 0 Å². The highest BCUT2D eigenvalue weighted by atomic mass is 32.3. The van der Waals surface area contributed by atoms with Crippen LogP contribution in [-0.4, -0.2) is 31.6 Å². The molecule has 1 heterocycles. The van der Waals surface area contributed by atoms with Crippen molar-refractivity contribution in [2.24, 2.45) is 0 Å². The number of nitrogens with zero attached hydrogens (tertiary/aromatic N) is 2. The molecule has 0 saturated carbocycles. The van der Waals surface area contributed by atoms with Crippen molar-refractivity contribution in [1.29, 1.82) is 0 Å². The van der Waals surface area contributed by atoms with Crippen molar-refractivity contribution in [3.05, 3.63) is 41.3 Å². The number of benzene rings is 1. The standard InChI is InChI=1S/C15H18FN3O3S/c1-9(2)13-12(8-20)14(10-4-6-11(16)7-5-10)18-15(17-13)19-23(3,21)22/h4-9,21-22H,1-3H3,(H,17,18,19). The van der Waals surface area contributed by atoms with Gasteiger partial charge in [0.1, 0.15) is 5.82 Å². The number of carbonyl (C=O) groups is 1. The minimum atomic E-state index is -3.07. The second kappa shape index (κ2) is 6.61. The van der Waals surface area contributed by atoms with E-state index in [0.717, 1.165) is 0 Å². The van der Waals surface area contributed by atoms with E-state index < -0.39 is 16.6 Å². The Morgan fingerprint density at radius 2 is 1.83 bits per heavy atom. The Hall–Kier alpha value is -2.03. The van der Waals surface area contributed by atoms with E-state index in [1.165, 1.54) is 30.5 Å². The fraction of sp³-hybridized carbons (Fsp3) is 0.267. The van der Waals surface area contributed by atoms with Crippen molar-refractivity contribution in [3.63, 3.8) is 0 Å². The lowest BCUT2D eigenvalue weighted by atomic mass is 9.99. The fourth-order valence-electron chi connectivity index (χ4n) is 2.09. The van der Waals surface area contributed by atoms with Crippen LogP contribution in [-0.2, 0) is 0 Å². The van der Waals surface area contributed by atoms with Crippen molar-refractivity contribution < 1.29 is 18.3 Å². The molecule has 1 aromatic heterocycles. The van der Waals surface area contributed by atoms with Crippen LogP contribution in [0.25, 0.3) is 11.3 Å². The number of rotatable bonds is 5. The molecule has 2 aromatic rings. The van der Waals surface area contributed by atoms with Gasteiger partial charge in [-0.3, -0.25) is 18.6 Å². The van der Waals surface area contributed by atoms with E-state index in [4.69, 9.17) is 0 Å². The first-order valence-corrected chi connectivity index (χ1v) is 8.81. The van der Waals surface area contributed by atoms with Gasteiger partial charge in [-0.15, -0.1) is 10.8 Å². The van der Waals surface area contributed by atoms with Gasteiger partial charge in [-0.25, -0.2) is 14.4 Å². The maximum atomic E-state index is 13.1. The van der Waals surface area contributed by atoms with Gasteiger partial charge in [0.25, 0.3) is 0 Å². The van der Waals surface area contributed by atoms with Crippen molar-refractivity contribution in [2.75, 3.05) is 11.0 Å². The van der Waals surface area contributed by atoms with Gasteiger partial charge in [0.05, 0.1) is 17.0 Å². The second-order valence-corrected chi connectivity index (χ2v) is 7.28. The Labute approximate surface area is 135 Å². The highest BCUT2D eigenvalue weighted by molar-refractivity contribution is 8.24. The van der Waals surface area contributed by atoms with Crippen LogP contribution in [0.4, 0.5) is 10.3 Å². The molecule has 0 fully saturated rings. The topological polar surface area (TPSA) is 95.3 Å². The number of aldehydes is 1. The summed E-state index contributed by atoms with van der Waals surface area (Å²) in [6.07, 6.45) is 1.86. The van der Waals surface area contributed by atoms with Crippen molar-refractivity contribution >= 4 is 23.0 Å². The minimum absolute atomic E-state index is 0.00104. The van der Waals surface area contributed by atoms with Gasteiger partial charge in [-0.05, 0) is 30.2 Å². The zero-order valence-electron chi connectivity index (χ0n) is 12.9. The molecule has 124 valence electrons. The average Bonchev–Trinajstić information content (AvgIpc) is 2.45. The summed E-state index contributed by atoms with van der Waals surface area (Å²) in [5.74, 6) is -0.488. The van der Waals surface area contributed by atoms with Gasteiger partial charge in [-0.1, -0.05) is 13.8 Å². The Morgan fingerprint density at radius 3 is 2.30 bits per heavy atom. The van der Waals surface area contributed by atoms with Crippen LogP contribution in [0.2, 0.25) is 0 Å². The molecule has 6 nitrogen and oxygen atoms in total. The first-order valence-electron chi connectivity index (χ1n) is 6.85. The third-order valence-electron chi connectivity index (χ3n) is 3.04. The molecule has 3 N–H and O–H groups in total. The fourth-order valence-corrected chi connectivity index (χ4v) is 2.53. The summed E-state index contributed by atoms with van der Waals surface area (Å²) in [6.45, 7) is 3.72. The Kier molecular flexibility index (Phi) is 4.98. The van der Waals surface area contributed by atoms with E-state index in [-0.39, 0.29) is 11.9 Å². The third kappa shape index (κ3) is 4.25. The number of nitrogens with one attached hydrogen (secondary N) is 1. The van der Waals surface area contributed by atoms with E-state index >= 15 is 0 Å². The number of aromatic nitrogens is 2. The van der Waals surface area contributed by atoms with E-state index in [9.17, 15) is 18.3 Å². The molecule has 0 unspecified atom stereocenters. The number of hydrogen-bond donors (Lipinski definition) is 3. The van der Waals surface area contributed by atoms with Gasteiger partial charge in [-0.2, -0.15) is 0 Å². The highest BCUT2D eigenvalue weighted by Gasteiger charge is 2.19. The predicted molar refractivity (Wildman–Crippen MR) is 89.3 cm³/mol. The molecule has 2 rings (SSSR count). The van der Waals surface area contributed by atoms with Crippen molar-refractivity contribution in [2.45, 2.75) is 19.8 Å². The molecular formula is C15H18FN3O3S. The zero-order chi connectivity index (χ0) is 17.2. The first-order chi connectivity index (χ1) is 10.7. The van der Waals surface area contributed by atoms with Crippen molar-refractivity contribution in [3.8, 4) is 11.3 Å². The largest absolute Gasteiger partial charge is 0.298 e.